The van der Waals surface area contributed by atoms with Crippen LogP contribution in [0.3, 0.4) is 0 Å². The molecule has 5 unspecified atom stereocenters. The zero-order valence-corrected chi connectivity index (χ0v) is 12.3. The number of hydrogen-bond donors (Lipinski definition) is 0. The van der Waals surface area contributed by atoms with Gasteiger partial charge >= 0.3 is 0 Å². The van der Waals surface area contributed by atoms with E-state index in [2.05, 4.69) is 51.7 Å². The summed E-state index contributed by atoms with van der Waals surface area (Å²) in [5.74, 6) is 0.994. The van der Waals surface area contributed by atoms with Crippen LogP contribution < -0.4 is 0 Å². The minimum atomic E-state index is -1.01. The molecule has 0 aromatic carbocycles. The number of fused-ring (bicyclic) bond motifs is 5. The maximum absolute atomic E-state index is 16.0. The third-order valence-electron chi connectivity index (χ3n) is 5.91. The SMILES string of the molecule is CC(C)C1N(C(C)C)CC2(C)C3C=CC(C3)C12F. The summed E-state index contributed by atoms with van der Waals surface area (Å²) in [6.07, 6.45) is 5.48. The molecule has 0 aromatic rings. The molecule has 2 bridgehead atoms. The lowest BCUT2D eigenvalue weighted by molar-refractivity contribution is -0.0126. The molecular formula is C16H26FN. The molecule has 0 spiro atoms. The van der Waals surface area contributed by atoms with Crippen LogP contribution in [0.5, 0.6) is 0 Å². The summed E-state index contributed by atoms with van der Waals surface area (Å²) < 4.78 is 16.0. The Morgan fingerprint density at radius 2 is 1.78 bits per heavy atom. The van der Waals surface area contributed by atoms with Gasteiger partial charge in [-0.3, -0.25) is 4.90 Å². The molecule has 2 fully saturated rings. The number of rotatable bonds is 2. The van der Waals surface area contributed by atoms with Crippen LogP contribution in [0.2, 0.25) is 0 Å². The van der Waals surface area contributed by atoms with Gasteiger partial charge in [-0.1, -0.05) is 32.9 Å². The van der Waals surface area contributed by atoms with Crippen molar-refractivity contribution in [3.8, 4) is 0 Å². The minimum absolute atomic E-state index is 0.0856. The van der Waals surface area contributed by atoms with Crippen LogP contribution >= 0.6 is 0 Å². The average molecular weight is 251 g/mol. The Balaban J connectivity index is 2.08. The first-order valence-corrected chi connectivity index (χ1v) is 7.45. The first-order valence-electron chi connectivity index (χ1n) is 7.45. The van der Waals surface area contributed by atoms with Gasteiger partial charge in [-0.25, -0.2) is 4.39 Å². The highest BCUT2D eigenvalue weighted by atomic mass is 19.1. The Hall–Kier alpha value is -0.370. The smallest absolute Gasteiger partial charge is 0.140 e. The Morgan fingerprint density at radius 3 is 2.33 bits per heavy atom. The lowest BCUT2D eigenvalue weighted by Crippen LogP contribution is -2.53. The second kappa shape index (κ2) is 3.59. The molecule has 1 aliphatic heterocycles. The molecule has 0 radical (unpaired) electrons. The van der Waals surface area contributed by atoms with E-state index in [-0.39, 0.29) is 17.4 Å². The number of halogens is 1. The molecule has 1 nitrogen and oxygen atoms in total. The summed E-state index contributed by atoms with van der Waals surface area (Å²) in [6.45, 7) is 11.9. The van der Waals surface area contributed by atoms with Crippen LogP contribution in [0.4, 0.5) is 4.39 Å². The minimum Gasteiger partial charge on any atom is -0.294 e. The fourth-order valence-electron chi connectivity index (χ4n) is 5.08. The normalized spacial score (nSPS) is 50.8. The average Bonchev–Trinajstić information content (AvgIpc) is 2.86. The molecule has 0 N–H and O–H groups in total. The molecule has 18 heavy (non-hydrogen) atoms. The molecule has 102 valence electrons. The molecule has 0 amide bonds. The van der Waals surface area contributed by atoms with E-state index >= 15 is 4.39 Å². The van der Waals surface area contributed by atoms with Crippen LogP contribution in [0.25, 0.3) is 0 Å². The van der Waals surface area contributed by atoms with Gasteiger partial charge < -0.3 is 0 Å². The van der Waals surface area contributed by atoms with Crippen molar-refractivity contribution in [3.05, 3.63) is 12.2 Å². The Bertz CT molecular complexity index is 389. The van der Waals surface area contributed by atoms with Crippen LogP contribution in [-0.2, 0) is 0 Å². The van der Waals surface area contributed by atoms with E-state index in [1.54, 1.807) is 0 Å². The Morgan fingerprint density at radius 1 is 1.17 bits per heavy atom. The van der Waals surface area contributed by atoms with E-state index in [4.69, 9.17) is 0 Å². The van der Waals surface area contributed by atoms with Crippen molar-refractivity contribution in [1.29, 1.82) is 0 Å². The van der Waals surface area contributed by atoms with Crippen molar-refractivity contribution < 1.29 is 4.39 Å². The Kier molecular flexibility index (Phi) is 2.53. The lowest BCUT2D eigenvalue weighted by Gasteiger charge is -2.42. The van der Waals surface area contributed by atoms with E-state index in [0.717, 1.165) is 13.0 Å². The Labute approximate surface area is 110 Å². The van der Waals surface area contributed by atoms with Gasteiger partial charge in [-0.15, -0.1) is 0 Å². The number of nitrogens with zero attached hydrogens (tertiary/aromatic N) is 1. The van der Waals surface area contributed by atoms with Crippen molar-refractivity contribution in [1.82, 2.24) is 4.90 Å². The van der Waals surface area contributed by atoms with E-state index in [1.807, 2.05) is 0 Å². The first kappa shape index (κ1) is 12.7. The van der Waals surface area contributed by atoms with Gasteiger partial charge in [-0.05, 0) is 32.1 Å². The van der Waals surface area contributed by atoms with Crippen LogP contribution in [0, 0.1) is 23.2 Å². The molecule has 1 heterocycles. The van der Waals surface area contributed by atoms with Gasteiger partial charge in [0.15, 0.2) is 0 Å². The molecule has 1 saturated carbocycles. The predicted molar refractivity (Wildman–Crippen MR) is 73.2 cm³/mol. The lowest BCUT2D eigenvalue weighted by atomic mass is 9.66. The third-order valence-corrected chi connectivity index (χ3v) is 5.91. The van der Waals surface area contributed by atoms with Gasteiger partial charge in [0.1, 0.15) is 5.67 Å². The monoisotopic (exact) mass is 251 g/mol. The zero-order chi connectivity index (χ0) is 13.3. The van der Waals surface area contributed by atoms with Crippen molar-refractivity contribution in [2.75, 3.05) is 6.54 Å². The molecule has 2 aliphatic carbocycles. The number of allylic oxidation sites excluding steroid dienone is 2. The second-order valence-corrected chi connectivity index (χ2v) is 7.47. The molecule has 0 aromatic heterocycles. The summed E-state index contributed by atoms with van der Waals surface area (Å²) in [5, 5.41) is 0. The zero-order valence-electron chi connectivity index (χ0n) is 12.3. The molecule has 5 atom stereocenters. The van der Waals surface area contributed by atoms with E-state index in [0.29, 0.717) is 17.9 Å². The molecular weight excluding hydrogens is 225 g/mol. The van der Waals surface area contributed by atoms with E-state index in [1.165, 1.54) is 0 Å². The van der Waals surface area contributed by atoms with Crippen molar-refractivity contribution >= 4 is 0 Å². The van der Waals surface area contributed by atoms with E-state index in [9.17, 15) is 0 Å². The van der Waals surface area contributed by atoms with E-state index < -0.39 is 5.67 Å². The van der Waals surface area contributed by atoms with Gasteiger partial charge in [-0.2, -0.15) is 0 Å². The molecule has 1 saturated heterocycles. The maximum Gasteiger partial charge on any atom is 0.140 e. The van der Waals surface area contributed by atoms with Gasteiger partial charge in [0.25, 0.3) is 0 Å². The summed E-state index contributed by atoms with van der Waals surface area (Å²) >= 11 is 0. The van der Waals surface area contributed by atoms with Crippen LogP contribution in [0.15, 0.2) is 12.2 Å². The van der Waals surface area contributed by atoms with Crippen molar-refractivity contribution in [3.63, 3.8) is 0 Å². The summed E-state index contributed by atoms with van der Waals surface area (Å²) in [6, 6.07) is 0.522. The van der Waals surface area contributed by atoms with Crippen molar-refractivity contribution in [2.24, 2.45) is 23.2 Å². The predicted octanol–water partition coefficient (Wildman–Crippen LogP) is 3.66. The summed E-state index contributed by atoms with van der Waals surface area (Å²) in [4.78, 5) is 2.43. The number of likely N-dealkylation sites (tertiary alicyclic amines) is 1. The maximum atomic E-state index is 16.0. The van der Waals surface area contributed by atoms with Crippen LogP contribution in [-0.4, -0.2) is 29.2 Å². The van der Waals surface area contributed by atoms with Gasteiger partial charge in [0.05, 0.1) is 0 Å². The summed E-state index contributed by atoms with van der Waals surface area (Å²) in [7, 11) is 0. The second-order valence-electron chi connectivity index (χ2n) is 7.47. The topological polar surface area (TPSA) is 3.24 Å². The highest BCUT2D eigenvalue weighted by Gasteiger charge is 2.73. The van der Waals surface area contributed by atoms with Gasteiger partial charge in [0.2, 0.25) is 0 Å². The van der Waals surface area contributed by atoms with Gasteiger partial charge in [0, 0.05) is 30.0 Å². The molecule has 3 rings (SSSR count). The quantitative estimate of drug-likeness (QED) is 0.677. The van der Waals surface area contributed by atoms with Crippen molar-refractivity contribution in [2.45, 2.75) is 58.8 Å². The van der Waals surface area contributed by atoms with Crippen LogP contribution in [0.1, 0.15) is 41.0 Å². The largest absolute Gasteiger partial charge is 0.294 e. The highest BCUT2D eigenvalue weighted by molar-refractivity contribution is 5.32. The highest BCUT2D eigenvalue weighted by Crippen LogP contribution is 2.67. The molecule has 2 heteroatoms. The number of alkyl halides is 1. The third kappa shape index (κ3) is 1.21. The standard InChI is InChI=1S/C16H26FN/c1-10(2)14-16(17)13-7-6-12(8-13)15(16,5)9-18(14)11(3)4/h6-7,10-14H,8-9H2,1-5H3. The first-order chi connectivity index (χ1) is 8.32. The fraction of sp³-hybridized carbons (Fsp3) is 0.875. The molecule has 3 aliphatic rings. The number of hydrogen-bond acceptors (Lipinski definition) is 1. The summed E-state index contributed by atoms with van der Waals surface area (Å²) in [5.41, 5.74) is -1.17. The fourth-order valence-corrected chi connectivity index (χ4v) is 5.08.